The summed E-state index contributed by atoms with van der Waals surface area (Å²) in [5.74, 6) is -0.941. The highest BCUT2D eigenvalue weighted by molar-refractivity contribution is 9.10. The number of nitrogens with zero attached hydrogens (tertiary/aromatic N) is 2. The molecule has 2 aromatic rings. The summed E-state index contributed by atoms with van der Waals surface area (Å²) in [6.45, 7) is 0. The van der Waals surface area contributed by atoms with Crippen LogP contribution in [0.5, 0.6) is 0 Å². The van der Waals surface area contributed by atoms with E-state index in [-0.39, 0.29) is 5.69 Å². The van der Waals surface area contributed by atoms with Crippen molar-refractivity contribution in [1.29, 1.82) is 0 Å². The lowest BCUT2D eigenvalue weighted by atomic mass is 10.2. The number of rotatable bonds is 2. The van der Waals surface area contributed by atoms with Gasteiger partial charge in [0.05, 0.1) is 6.20 Å². The molecule has 0 radical (unpaired) electrons. The van der Waals surface area contributed by atoms with Gasteiger partial charge < -0.3 is 0 Å². The Morgan fingerprint density at radius 3 is 2.32 bits per heavy atom. The van der Waals surface area contributed by atoms with Crippen molar-refractivity contribution in [3.8, 4) is 0 Å². The first-order valence-electron chi connectivity index (χ1n) is 5.29. The SMILES string of the molecule is O=C(NNC(=O)c1cnccn1)c1ccc(Br)cc1. The zero-order valence-corrected chi connectivity index (χ0v) is 11.2. The molecule has 1 heterocycles. The molecule has 19 heavy (non-hydrogen) atoms. The molecule has 1 aromatic heterocycles. The fourth-order valence-corrected chi connectivity index (χ4v) is 1.53. The minimum atomic E-state index is -0.529. The van der Waals surface area contributed by atoms with Crippen molar-refractivity contribution in [1.82, 2.24) is 20.8 Å². The molecule has 0 saturated heterocycles. The van der Waals surface area contributed by atoms with Crippen LogP contribution in [-0.4, -0.2) is 21.8 Å². The number of aromatic nitrogens is 2. The number of hydrogen-bond acceptors (Lipinski definition) is 4. The number of carbonyl (C=O) groups excluding carboxylic acids is 2. The molecule has 0 aliphatic heterocycles. The van der Waals surface area contributed by atoms with Gasteiger partial charge in [-0.3, -0.25) is 25.4 Å². The molecule has 0 fully saturated rings. The predicted molar refractivity (Wildman–Crippen MR) is 71.1 cm³/mol. The van der Waals surface area contributed by atoms with Gasteiger partial charge in [-0.05, 0) is 24.3 Å². The molecule has 2 amide bonds. The molecular formula is C12H9BrN4O2. The van der Waals surface area contributed by atoms with Crippen LogP contribution in [0.3, 0.4) is 0 Å². The van der Waals surface area contributed by atoms with E-state index in [1.165, 1.54) is 18.6 Å². The maximum absolute atomic E-state index is 11.7. The monoisotopic (exact) mass is 320 g/mol. The number of amides is 2. The van der Waals surface area contributed by atoms with E-state index in [1.807, 2.05) is 0 Å². The number of nitrogens with one attached hydrogen (secondary N) is 2. The van der Waals surface area contributed by atoms with E-state index in [0.29, 0.717) is 5.56 Å². The Balaban J connectivity index is 1.94. The Morgan fingerprint density at radius 2 is 1.68 bits per heavy atom. The highest BCUT2D eigenvalue weighted by atomic mass is 79.9. The van der Waals surface area contributed by atoms with Crippen LogP contribution >= 0.6 is 15.9 Å². The van der Waals surface area contributed by atoms with Crippen LogP contribution in [0.4, 0.5) is 0 Å². The van der Waals surface area contributed by atoms with E-state index in [1.54, 1.807) is 24.3 Å². The third-order valence-corrected chi connectivity index (χ3v) is 2.72. The molecule has 0 aliphatic carbocycles. The highest BCUT2D eigenvalue weighted by Crippen LogP contribution is 2.10. The number of carbonyl (C=O) groups is 2. The fourth-order valence-electron chi connectivity index (χ4n) is 1.27. The quantitative estimate of drug-likeness (QED) is 0.817. The fraction of sp³-hybridized carbons (Fsp3) is 0. The van der Waals surface area contributed by atoms with E-state index in [9.17, 15) is 9.59 Å². The summed E-state index contributed by atoms with van der Waals surface area (Å²) >= 11 is 3.27. The molecule has 0 saturated carbocycles. The Hall–Kier alpha value is -2.28. The van der Waals surface area contributed by atoms with Crippen LogP contribution < -0.4 is 10.9 Å². The van der Waals surface area contributed by atoms with Crippen molar-refractivity contribution in [3.63, 3.8) is 0 Å². The lowest BCUT2D eigenvalue weighted by molar-refractivity contribution is 0.0843. The summed E-state index contributed by atoms with van der Waals surface area (Å²) in [5.41, 5.74) is 5.11. The Bertz CT molecular complexity index is 586. The third-order valence-electron chi connectivity index (χ3n) is 2.19. The zero-order valence-electron chi connectivity index (χ0n) is 9.63. The smallest absolute Gasteiger partial charge is 0.267 e. The third kappa shape index (κ3) is 3.59. The second kappa shape index (κ2) is 6.05. The van der Waals surface area contributed by atoms with Gasteiger partial charge in [0, 0.05) is 22.4 Å². The van der Waals surface area contributed by atoms with E-state index < -0.39 is 11.8 Å². The maximum atomic E-state index is 11.7. The van der Waals surface area contributed by atoms with Gasteiger partial charge in [-0.15, -0.1) is 0 Å². The molecule has 7 heteroatoms. The Kier molecular flexibility index (Phi) is 4.19. The van der Waals surface area contributed by atoms with E-state index in [0.717, 1.165) is 4.47 Å². The molecule has 0 atom stereocenters. The molecule has 0 unspecified atom stereocenters. The topological polar surface area (TPSA) is 84.0 Å². The molecule has 6 nitrogen and oxygen atoms in total. The van der Waals surface area contributed by atoms with Crippen molar-refractivity contribution < 1.29 is 9.59 Å². The van der Waals surface area contributed by atoms with E-state index in [4.69, 9.17) is 0 Å². The van der Waals surface area contributed by atoms with Crippen molar-refractivity contribution in [2.75, 3.05) is 0 Å². The molecule has 0 bridgehead atoms. The van der Waals surface area contributed by atoms with Crippen LogP contribution in [0.1, 0.15) is 20.8 Å². The van der Waals surface area contributed by atoms with Gasteiger partial charge in [0.15, 0.2) is 0 Å². The number of halogens is 1. The average Bonchev–Trinajstić information content (AvgIpc) is 2.46. The number of hydrogen-bond donors (Lipinski definition) is 2. The second-order valence-electron chi connectivity index (χ2n) is 3.51. The zero-order chi connectivity index (χ0) is 13.7. The van der Waals surface area contributed by atoms with Crippen molar-refractivity contribution in [2.45, 2.75) is 0 Å². The van der Waals surface area contributed by atoms with Gasteiger partial charge in [0.25, 0.3) is 11.8 Å². The molecule has 1 aromatic carbocycles. The van der Waals surface area contributed by atoms with Gasteiger partial charge in [0.2, 0.25) is 0 Å². The number of hydrazine groups is 1. The van der Waals surface area contributed by atoms with Gasteiger partial charge in [-0.25, -0.2) is 4.98 Å². The van der Waals surface area contributed by atoms with Gasteiger partial charge in [-0.2, -0.15) is 0 Å². The van der Waals surface area contributed by atoms with Crippen LogP contribution in [0, 0.1) is 0 Å². The largest absolute Gasteiger partial charge is 0.289 e. The van der Waals surface area contributed by atoms with E-state index in [2.05, 4.69) is 36.7 Å². The molecule has 2 rings (SSSR count). The lowest BCUT2D eigenvalue weighted by Gasteiger charge is -2.06. The normalized spacial score (nSPS) is 9.74. The summed E-state index contributed by atoms with van der Waals surface area (Å²) < 4.78 is 0.868. The minimum absolute atomic E-state index is 0.124. The first-order chi connectivity index (χ1) is 9.16. The van der Waals surface area contributed by atoms with Crippen molar-refractivity contribution in [3.05, 3.63) is 58.6 Å². The summed E-state index contributed by atoms with van der Waals surface area (Å²) in [6, 6.07) is 6.74. The van der Waals surface area contributed by atoms with Crippen LogP contribution in [-0.2, 0) is 0 Å². The minimum Gasteiger partial charge on any atom is -0.267 e. The highest BCUT2D eigenvalue weighted by Gasteiger charge is 2.09. The molecular weight excluding hydrogens is 312 g/mol. The summed E-state index contributed by atoms with van der Waals surface area (Å²) in [4.78, 5) is 30.9. The van der Waals surface area contributed by atoms with Crippen molar-refractivity contribution >= 4 is 27.7 Å². The first kappa shape index (κ1) is 13.2. The first-order valence-corrected chi connectivity index (χ1v) is 6.08. The summed E-state index contributed by atoms with van der Waals surface area (Å²) in [6.07, 6.45) is 4.16. The van der Waals surface area contributed by atoms with Crippen LogP contribution in [0.15, 0.2) is 47.3 Å². The standard InChI is InChI=1S/C12H9BrN4O2/c13-9-3-1-8(2-4-9)11(18)16-17-12(19)10-7-14-5-6-15-10/h1-7H,(H,16,18)(H,17,19). The van der Waals surface area contributed by atoms with Crippen molar-refractivity contribution in [2.24, 2.45) is 0 Å². The predicted octanol–water partition coefficient (Wildman–Crippen LogP) is 1.31. The van der Waals surface area contributed by atoms with Gasteiger partial charge >= 0.3 is 0 Å². The molecule has 0 spiro atoms. The average molecular weight is 321 g/mol. The summed E-state index contributed by atoms with van der Waals surface area (Å²) in [5, 5.41) is 0. The lowest BCUT2D eigenvalue weighted by Crippen LogP contribution is -2.41. The molecule has 96 valence electrons. The number of benzene rings is 1. The van der Waals surface area contributed by atoms with Gasteiger partial charge in [-0.1, -0.05) is 15.9 Å². The maximum Gasteiger partial charge on any atom is 0.289 e. The second-order valence-corrected chi connectivity index (χ2v) is 4.42. The van der Waals surface area contributed by atoms with E-state index >= 15 is 0 Å². The Morgan fingerprint density at radius 1 is 1.00 bits per heavy atom. The Labute approximate surface area is 117 Å². The van der Waals surface area contributed by atoms with Crippen LogP contribution in [0.2, 0.25) is 0 Å². The molecule has 0 aliphatic rings. The van der Waals surface area contributed by atoms with Gasteiger partial charge in [0.1, 0.15) is 5.69 Å². The summed E-state index contributed by atoms with van der Waals surface area (Å²) in [7, 11) is 0. The molecule has 2 N–H and O–H groups in total. The van der Waals surface area contributed by atoms with Crippen LogP contribution in [0.25, 0.3) is 0 Å².